The number of hydrogen-bond acceptors (Lipinski definition) is 4. The van der Waals surface area contributed by atoms with Crippen LogP contribution in [0.3, 0.4) is 0 Å². The van der Waals surface area contributed by atoms with Crippen LogP contribution in [0, 0.1) is 0 Å². The van der Waals surface area contributed by atoms with Crippen LogP contribution >= 0.6 is 0 Å². The molecule has 0 radical (unpaired) electrons. The highest BCUT2D eigenvalue weighted by molar-refractivity contribution is 5.80. The number of anilines is 1. The van der Waals surface area contributed by atoms with E-state index in [0.717, 1.165) is 18.7 Å². The molecule has 0 spiro atoms. The van der Waals surface area contributed by atoms with Crippen molar-refractivity contribution in [1.29, 1.82) is 0 Å². The van der Waals surface area contributed by atoms with Crippen LogP contribution in [0.15, 0.2) is 54.6 Å². The Hall–Kier alpha value is -2.82. The fraction of sp³-hybridized carbons (Fsp3) is 0.263. The molecule has 2 rings (SSSR count). The van der Waals surface area contributed by atoms with E-state index in [1.165, 1.54) is 0 Å². The van der Waals surface area contributed by atoms with Crippen LogP contribution in [0.2, 0.25) is 0 Å². The van der Waals surface area contributed by atoms with E-state index < -0.39 is 0 Å². The maximum atomic E-state index is 11.8. The van der Waals surface area contributed by atoms with Crippen LogP contribution in [0.4, 0.5) is 5.69 Å². The van der Waals surface area contributed by atoms with Gasteiger partial charge in [0.15, 0.2) is 12.9 Å². The second kappa shape index (κ2) is 9.35. The zero-order valence-electron chi connectivity index (χ0n) is 13.8. The van der Waals surface area contributed by atoms with Gasteiger partial charge in [0.2, 0.25) is 0 Å². The van der Waals surface area contributed by atoms with E-state index >= 15 is 0 Å². The summed E-state index contributed by atoms with van der Waals surface area (Å²) >= 11 is 0. The third kappa shape index (κ3) is 5.43. The van der Waals surface area contributed by atoms with Crippen molar-refractivity contribution >= 4 is 17.9 Å². The first-order chi connectivity index (χ1) is 11.7. The predicted octanol–water partition coefficient (Wildman–Crippen LogP) is 2.52. The van der Waals surface area contributed by atoms with Gasteiger partial charge >= 0.3 is 0 Å². The molecule has 2 aromatic rings. The first-order valence-electron chi connectivity index (χ1n) is 7.90. The molecule has 0 saturated heterocycles. The number of para-hydroxylation sites is 2. The Labute approximate surface area is 142 Å². The molecule has 5 nitrogen and oxygen atoms in total. The fourth-order valence-electron chi connectivity index (χ4n) is 2.26. The van der Waals surface area contributed by atoms with E-state index in [1.807, 2.05) is 25.2 Å². The van der Waals surface area contributed by atoms with Gasteiger partial charge in [0.05, 0.1) is 5.56 Å². The molecule has 0 aliphatic carbocycles. The number of carbonyl (C=O) groups is 2. The molecule has 126 valence electrons. The second-order valence-electron chi connectivity index (χ2n) is 5.40. The molecule has 5 heteroatoms. The standard InChI is InChI=1S/C19H22N2O3/c1-21(17-9-3-2-4-10-17)13-7-12-20-19(23)15-24-18-11-6-5-8-16(18)14-22/h2-6,8-11,14H,7,12-13,15H2,1H3,(H,20,23). The van der Waals surface area contributed by atoms with E-state index in [9.17, 15) is 9.59 Å². The smallest absolute Gasteiger partial charge is 0.257 e. The molecule has 0 fully saturated rings. The molecule has 0 atom stereocenters. The highest BCUT2D eigenvalue weighted by atomic mass is 16.5. The third-order valence-electron chi connectivity index (χ3n) is 3.59. The molecule has 0 bridgehead atoms. The minimum absolute atomic E-state index is 0.0978. The third-order valence-corrected chi connectivity index (χ3v) is 3.59. The summed E-state index contributed by atoms with van der Waals surface area (Å²) in [6.07, 6.45) is 1.55. The number of carbonyl (C=O) groups excluding carboxylic acids is 2. The molecule has 0 aliphatic rings. The molecule has 0 saturated carbocycles. The van der Waals surface area contributed by atoms with Crippen LogP contribution < -0.4 is 15.0 Å². The predicted molar refractivity (Wildman–Crippen MR) is 94.7 cm³/mol. The van der Waals surface area contributed by atoms with Gasteiger partial charge in [-0.05, 0) is 30.7 Å². The lowest BCUT2D eigenvalue weighted by Gasteiger charge is -2.19. The fourth-order valence-corrected chi connectivity index (χ4v) is 2.26. The molecule has 1 amide bonds. The lowest BCUT2D eigenvalue weighted by molar-refractivity contribution is -0.123. The van der Waals surface area contributed by atoms with E-state index in [1.54, 1.807) is 24.3 Å². The molecule has 24 heavy (non-hydrogen) atoms. The number of amides is 1. The summed E-state index contributed by atoms with van der Waals surface area (Å²) in [7, 11) is 2.02. The van der Waals surface area contributed by atoms with Gasteiger partial charge in [-0.1, -0.05) is 30.3 Å². The normalized spacial score (nSPS) is 10.0. The summed E-state index contributed by atoms with van der Waals surface area (Å²) in [6, 6.07) is 16.9. The number of ether oxygens (including phenoxy) is 1. The highest BCUT2D eigenvalue weighted by Gasteiger charge is 2.06. The van der Waals surface area contributed by atoms with Crippen molar-refractivity contribution in [2.45, 2.75) is 6.42 Å². The first kappa shape index (κ1) is 17.5. The Morgan fingerprint density at radius 3 is 2.58 bits per heavy atom. The molecule has 2 aromatic carbocycles. The molecular formula is C19H22N2O3. The molecule has 1 N–H and O–H groups in total. The van der Waals surface area contributed by atoms with E-state index in [0.29, 0.717) is 24.1 Å². The largest absolute Gasteiger partial charge is 0.483 e. The van der Waals surface area contributed by atoms with Crippen molar-refractivity contribution in [2.24, 2.45) is 0 Å². The average Bonchev–Trinajstić information content (AvgIpc) is 2.64. The van der Waals surface area contributed by atoms with Crippen LogP contribution in [0.1, 0.15) is 16.8 Å². The van der Waals surface area contributed by atoms with Crippen LogP contribution in [0.25, 0.3) is 0 Å². The van der Waals surface area contributed by atoms with Crippen molar-refractivity contribution in [3.8, 4) is 5.75 Å². The van der Waals surface area contributed by atoms with E-state index in [2.05, 4.69) is 22.3 Å². The number of nitrogens with zero attached hydrogens (tertiary/aromatic N) is 1. The van der Waals surface area contributed by atoms with E-state index in [-0.39, 0.29) is 12.5 Å². The average molecular weight is 326 g/mol. The van der Waals surface area contributed by atoms with Crippen LogP contribution in [-0.4, -0.2) is 38.9 Å². The first-order valence-corrected chi connectivity index (χ1v) is 7.90. The summed E-state index contributed by atoms with van der Waals surface area (Å²) < 4.78 is 5.38. The van der Waals surface area contributed by atoms with Crippen LogP contribution in [0.5, 0.6) is 5.75 Å². The van der Waals surface area contributed by atoms with Crippen molar-refractivity contribution in [1.82, 2.24) is 5.32 Å². The minimum atomic E-state index is -0.196. The van der Waals surface area contributed by atoms with Crippen molar-refractivity contribution < 1.29 is 14.3 Å². The van der Waals surface area contributed by atoms with Gasteiger partial charge in [-0.15, -0.1) is 0 Å². The highest BCUT2D eigenvalue weighted by Crippen LogP contribution is 2.15. The summed E-state index contributed by atoms with van der Waals surface area (Å²) in [5, 5.41) is 2.82. The summed E-state index contributed by atoms with van der Waals surface area (Å²) in [6.45, 7) is 1.33. The molecular weight excluding hydrogens is 304 g/mol. The maximum absolute atomic E-state index is 11.8. The molecule has 0 aliphatic heterocycles. The maximum Gasteiger partial charge on any atom is 0.257 e. The summed E-state index contributed by atoms with van der Waals surface area (Å²) in [4.78, 5) is 24.8. The van der Waals surface area contributed by atoms with Gasteiger partial charge in [0, 0.05) is 25.8 Å². The van der Waals surface area contributed by atoms with Crippen molar-refractivity contribution in [3.05, 3.63) is 60.2 Å². The minimum Gasteiger partial charge on any atom is -0.483 e. The van der Waals surface area contributed by atoms with Gasteiger partial charge in [-0.25, -0.2) is 0 Å². The number of nitrogens with one attached hydrogen (secondary N) is 1. The topological polar surface area (TPSA) is 58.6 Å². The Morgan fingerprint density at radius 1 is 1.12 bits per heavy atom. The monoisotopic (exact) mass is 326 g/mol. The van der Waals surface area contributed by atoms with E-state index in [4.69, 9.17) is 4.74 Å². The lowest BCUT2D eigenvalue weighted by atomic mass is 10.2. The Balaban J connectivity index is 1.66. The van der Waals surface area contributed by atoms with Gasteiger partial charge in [-0.3, -0.25) is 9.59 Å². The molecule has 0 unspecified atom stereocenters. The Kier molecular flexibility index (Phi) is 6.83. The van der Waals surface area contributed by atoms with Gasteiger partial charge in [-0.2, -0.15) is 0 Å². The van der Waals surface area contributed by atoms with Gasteiger partial charge < -0.3 is 15.0 Å². The van der Waals surface area contributed by atoms with Gasteiger partial charge in [0.25, 0.3) is 5.91 Å². The SMILES string of the molecule is CN(CCCNC(=O)COc1ccccc1C=O)c1ccccc1. The Morgan fingerprint density at radius 2 is 1.83 bits per heavy atom. The van der Waals surface area contributed by atoms with Crippen molar-refractivity contribution in [3.63, 3.8) is 0 Å². The number of hydrogen-bond donors (Lipinski definition) is 1. The number of rotatable bonds is 9. The zero-order chi connectivity index (χ0) is 17.2. The summed E-state index contributed by atoms with van der Waals surface area (Å²) in [5.74, 6) is 0.226. The molecule has 0 heterocycles. The van der Waals surface area contributed by atoms with Crippen LogP contribution in [-0.2, 0) is 4.79 Å². The number of aldehydes is 1. The Bertz CT molecular complexity index is 659. The molecule has 0 aromatic heterocycles. The lowest BCUT2D eigenvalue weighted by Crippen LogP contribution is -2.31. The summed E-state index contributed by atoms with van der Waals surface area (Å²) in [5.41, 5.74) is 1.59. The van der Waals surface area contributed by atoms with Crippen molar-refractivity contribution in [2.75, 3.05) is 31.6 Å². The quantitative estimate of drug-likeness (QED) is 0.568. The van der Waals surface area contributed by atoms with Gasteiger partial charge in [0.1, 0.15) is 5.75 Å². The number of benzene rings is 2. The zero-order valence-corrected chi connectivity index (χ0v) is 13.8. The second-order valence-corrected chi connectivity index (χ2v) is 5.40.